The molecule has 126 valence electrons. The van der Waals surface area contributed by atoms with Gasteiger partial charge in [-0.25, -0.2) is 4.79 Å². The number of rotatable bonds is 6. The summed E-state index contributed by atoms with van der Waals surface area (Å²) in [5.41, 5.74) is 3.68. The van der Waals surface area contributed by atoms with Crippen molar-refractivity contribution in [2.45, 2.75) is 39.0 Å². The molecule has 1 fully saturated rings. The van der Waals surface area contributed by atoms with E-state index in [1.807, 2.05) is 36.6 Å². The van der Waals surface area contributed by atoms with Crippen LogP contribution in [0.25, 0.3) is 0 Å². The maximum absolute atomic E-state index is 12.3. The van der Waals surface area contributed by atoms with Gasteiger partial charge in [-0.15, -0.1) is 11.3 Å². The smallest absolute Gasteiger partial charge is 0.341 e. The van der Waals surface area contributed by atoms with Gasteiger partial charge < -0.3 is 10.1 Å². The summed E-state index contributed by atoms with van der Waals surface area (Å²) in [6.45, 7) is 4.13. The molecule has 24 heavy (non-hydrogen) atoms. The maximum atomic E-state index is 12.3. The summed E-state index contributed by atoms with van der Waals surface area (Å²) in [6, 6.07) is 7.88. The van der Waals surface area contributed by atoms with E-state index in [4.69, 9.17) is 4.74 Å². The summed E-state index contributed by atoms with van der Waals surface area (Å²) in [7, 11) is 0. The highest BCUT2D eigenvalue weighted by Gasteiger charge is 2.32. The van der Waals surface area contributed by atoms with Gasteiger partial charge in [-0.3, -0.25) is 4.79 Å². The number of anilines is 1. The van der Waals surface area contributed by atoms with E-state index in [9.17, 15) is 9.59 Å². The second-order valence-electron chi connectivity index (χ2n) is 6.10. The van der Waals surface area contributed by atoms with Crippen molar-refractivity contribution in [2.75, 3.05) is 11.9 Å². The molecule has 5 heteroatoms. The molecule has 2 aromatic rings. The van der Waals surface area contributed by atoms with Crippen LogP contribution in [0.3, 0.4) is 0 Å². The molecule has 0 spiro atoms. The number of aryl methyl sites for hydroxylation is 1. The van der Waals surface area contributed by atoms with E-state index in [1.54, 1.807) is 6.92 Å². The first-order valence-electron chi connectivity index (χ1n) is 8.22. The first-order chi connectivity index (χ1) is 11.6. The molecular formula is C19H21NO3S. The van der Waals surface area contributed by atoms with Crippen LogP contribution in [0.1, 0.15) is 52.7 Å². The van der Waals surface area contributed by atoms with Gasteiger partial charge in [-0.05, 0) is 49.1 Å². The predicted octanol–water partition coefficient (Wildman–Crippen LogP) is 4.29. The summed E-state index contributed by atoms with van der Waals surface area (Å²) in [6.07, 6.45) is 2.49. The van der Waals surface area contributed by atoms with Crippen LogP contribution in [0, 0.1) is 6.92 Å². The van der Waals surface area contributed by atoms with Gasteiger partial charge in [0.25, 0.3) is 0 Å². The molecule has 4 nitrogen and oxygen atoms in total. The van der Waals surface area contributed by atoms with Crippen LogP contribution < -0.4 is 5.32 Å². The molecule has 0 unspecified atom stereocenters. The van der Waals surface area contributed by atoms with E-state index in [-0.39, 0.29) is 11.9 Å². The predicted molar refractivity (Wildman–Crippen MR) is 95.8 cm³/mol. The van der Waals surface area contributed by atoms with Crippen LogP contribution in [-0.4, -0.2) is 18.5 Å². The Kier molecular flexibility index (Phi) is 5.00. The van der Waals surface area contributed by atoms with E-state index in [2.05, 4.69) is 5.32 Å². The number of benzene rings is 1. The molecule has 0 aliphatic heterocycles. The second kappa shape index (κ2) is 7.18. The number of esters is 1. The third-order valence-electron chi connectivity index (χ3n) is 4.05. The summed E-state index contributed by atoms with van der Waals surface area (Å²) >= 11 is 1.41. The van der Waals surface area contributed by atoms with Crippen molar-refractivity contribution in [3.63, 3.8) is 0 Å². The Morgan fingerprint density at radius 1 is 1.25 bits per heavy atom. The molecule has 0 saturated heterocycles. The Balaban J connectivity index is 1.75. The monoisotopic (exact) mass is 343 g/mol. The molecule has 0 radical (unpaired) electrons. The van der Waals surface area contributed by atoms with Crippen LogP contribution in [0.4, 0.5) is 5.00 Å². The molecule has 1 amide bonds. The molecule has 1 aromatic heterocycles. The summed E-state index contributed by atoms with van der Waals surface area (Å²) in [4.78, 5) is 24.6. The highest BCUT2D eigenvalue weighted by Crippen LogP contribution is 2.46. The molecule has 3 rings (SSSR count). The fourth-order valence-corrected chi connectivity index (χ4v) is 3.68. The van der Waals surface area contributed by atoms with Crippen LogP contribution in [-0.2, 0) is 16.0 Å². The quantitative estimate of drug-likeness (QED) is 0.796. The van der Waals surface area contributed by atoms with Crippen LogP contribution in [0.5, 0.6) is 0 Å². The van der Waals surface area contributed by atoms with Gasteiger partial charge in [-0.2, -0.15) is 0 Å². The first kappa shape index (κ1) is 16.7. The Morgan fingerprint density at radius 2 is 1.96 bits per heavy atom. The van der Waals surface area contributed by atoms with Gasteiger partial charge >= 0.3 is 5.97 Å². The van der Waals surface area contributed by atoms with Crippen molar-refractivity contribution in [3.8, 4) is 0 Å². The number of nitrogens with one attached hydrogen (secondary N) is 1. The van der Waals surface area contributed by atoms with E-state index < -0.39 is 0 Å². The highest BCUT2D eigenvalue weighted by atomic mass is 32.1. The number of carbonyl (C=O) groups is 2. The Morgan fingerprint density at radius 3 is 2.58 bits per heavy atom. The minimum absolute atomic E-state index is 0.117. The van der Waals surface area contributed by atoms with Gasteiger partial charge in [0.1, 0.15) is 5.00 Å². The zero-order chi connectivity index (χ0) is 17.1. The van der Waals surface area contributed by atoms with Crippen LogP contribution in [0.2, 0.25) is 0 Å². The molecule has 1 saturated carbocycles. The maximum Gasteiger partial charge on any atom is 0.341 e. The minimum atomic E-state index is -0.341. The average Bonchev–Trinajstić information content (AvgIpc) is 3.31. The fraction of sp³-hybridized carbons (Fsp3) is 0.368. The highest BCUT2D eigenvalue weighted by molar-refractivity contribution is 7.15. The van der Waals surface area contributed by atoms with Gasteiger partial charge in [0.2, 0.25) is 5.91 Å². The van der Waals surface area contributed by atoms with E-state index in [0.29, 0.717) is 29.5 Å². The molecule has 1 aromatic carbocycles. The van der Waals surface area contributed by atoms with Gasteiger partial charge in [-0.1, -0.05) is 29.8 Å². The lowest BCUT2D eigenvalue weighted by Gasteiger charge is -2.08. The first-order valence-corrected chi connectivity index (χ1v) is 9.10. The van der Waals surface area contributed by atoms with Gasteiger partial charge in [0, 0.05) is 0 Å². The van der Waals surface area contributed by atoms with Gasteiger partial charge in [0.05, 0.1) is 18.6 Å². The molecule has 1 N–H and O–H groups in total. The summed E-state index contributed by atoms with van der Waals surface area (Å²) < 4.78 is 5.17. The van der Waals surface area contributed by atoms with Crippen molar-refractivity contribution in [3.05, 3.63) is 51.9 Å². The van der Waals surface area contributed by atoms with E-state index in [1.165, 1.54) is 11.3 Å². The number of carbonyl (C=O) groups excluding carboxylic acids is 2. The van der Waals surface area contributed by atoms with Gasteiger partial charge in [0.15, 0.2) is 0 Å². The van der Waals surface area contributed by atoms with Crippen molar-refractivity contribution in [2.24, 2.45) is 0 Å². The lowest BCUT2D eigenvalue weighted by atomic mass is 10.1. The molecule has 0 atom stereocenters. The third-order valence-corrected chi connectivity index (χ3v) is 4.97. The molecule has 1 aliphatic carbocycles. The third kappa shape index (κ3) is 3.85. The second-order valence-corrected chi connectivity index (χ2v) is 6.98. The van der Waals surface area contributed by atoms with Crippen molar-refractivity contribution in [1.82, 2.24) is 0 Å². The summed E-state index contributed by atoms with van der Waals surface area (Å²) in [5, 5.41) is 5.48. The molecular weight excluding hydrogens is 322 g/mol. The van der Waals surface area contributed by atoms with Crippen molar-refractivity contribution in [1.29, 1.82) is 0 Å². The number of amides is 1. The zero-order valence-corrected chi connectivity index (χ0v) is 14.7. The normalized spacial score (nSPS) is 13.6. The number of ether oxygens (including phenoxy) is 1. The fourth-order valence-electron chi connectivity index (χ4n) is 2.63. The standard InChI is InChI=1S/C19H21NO3S/c1-3-23-19(22)17-15(14-8-9-14)11-24-18(17)20-16(21)10-13-6-4-12(2)5-7-13/h4-7,11,14H,3,8-10H2,1-2H3,(H,20,21). The Bertz CT molecular complexity index is 744. The van der Waals surface area contributed by atoms with E-state index >= 15 is 0 Å². The number of hydrogen-bond donors (Lipinski definition) is 1. The Labute approximate surface area is 145 Å². The summed E-state index contributed by atoms with van der Waals surface area (Å²) in [5.74, 6) is -0.0247. The molecule has 0 bridgehead atoms. The van der Waals surface area contributed by atoms with E-state index in [0.717, 1.165) is 29.5 Å². The SMILES string of the molecule is CCOC(=O)c1c(C2CC2)csc1NC(=O)Cc1ccc(C)cc1. The van der Waals surface area contributed by atoms with Crippen LogP contribution >= 0.6 is 11.3 Å². The lowest BCUT2D eigenvalue weighted by Crippen LogP contribution is -2.16. The minimum Gasteiger partial charge on any atom is -0.462 e. The zero-order valence-electron chi connectivity index (χ0n) is 13.9. The largest absolute Gasteiger partial charge is 0.462 e. The lowest BCUT2D eigenvalue weighted by molar-refractivity contribution is -0.115. The average molecular weight is 343 g/mol. The van der Waals surface area contributed by atoms with Crippen LogP contribution in [0.15, 0.2) is 29.6 Å². The molecule has 1 heterocycles. The van der Waals surface area contributed by atoms with Crippen molar-refractivity contribution < 1.29 is 14.3 Å². The molecule has 1 aliphatic rings. The number of thiophene rings is 1. The topological polar surface area (TPSA) is 55.4 Å². The van der Waals surface area contributed by atoms with Crippen molar-refractivity contribution >= 4 is 28.2 Å². The Hall–Kier alpha value is -2.14. The number of hydrogen-bond acceptors (Lipinski definition) is 4.